The van der Waals surface area contributed by atoms with Gasteiger partial charge in [0, 0.05) is 36.7 Å². The van der Waals surface area contributed by atoms with E-state index in [1.807, 2.05) is 31.5 Å². The quantitative estimate of drug-likeness (QED) is 0.388. The topological polar surface area (TPSA) is 108 Å². The first-order chi connectivity index (χ1) is 18.4. The molecule has 1 fully saturated rings. The maximum Gasteiger partial charge on any atom is 0.277 e. The van der Waals surface area contributed by atoms with E-state index in [2.05, 4.69) is 26.8 Å². The van der Waals surface area contributed by atoms with Crippen LogP contribution in [-0.4, -0.2) is 44.8 Å². The largest absolute Gasteiger partial charge is 0.497 e. The Bertz CT molecular complexity index is 1510. The third-order valence-electron chi connectivity index (χ3n) is 7.97. The first-order valence-electron chi connectivity index (χ1n) is 12.9. The van der Waals surface area contributed by atoms with Crippen molar-refractivity contribution < 1.29 is 14.3 Å². The van der Waals surface area contributed by atoms with E-state index in [1.165, 1.54) is 23.1 Å². The van der Waals surface area contributed by atoms with Gasteiger partial charge in [-0.2, -0.15) is 5.10 Å². The Morgan fingerprint density at radius 3 is 2.39 bits per heavy atom. The third kappa shape index (κ3) is 4.04. The SMILES string of the molecule is COc1ccc(-n2nc(C(N)=O)c3c2C(=O)N(c2ccc(C4(CCn5ccnc5C)CC4)cc2)CC3)cc1. The number of imidazole rings is 1. The first-order valence-corrected chi connectivity index (χ1v) is 12.9. The van der Waals surface area contributed by atoms with Crippen molar-refractivity contribution in [1.82, 2.24) is 19.3 Å². The van der Waals surface area contributed by atoms with E-state index in [0.29, 0.717) is 35.7 Å². The highest BCUT2D eigenvalue weighted by Crippen LogP contribution is 2.51. The number of methoxy groups -OCH3 is 1. The predicted octanol–water partition coefficient (Wildman–Crippen LogP) is 3.81. The van der Waals surface area contributed by atoms with Gasteiger partial charge in [0.2, 0.25) is 0 Å². The summed E-state index contributed by atoms with van der Waals surface area (Å²) in [6.07, 6.45) is 7.77. The molecular weight excluding hydrogens is 480 g/mol. The molecule has 9 nitrogen and oxygen atoms in total. The molecule has 2 aliphatic rings. The van der Waals surface area contributed by atoms with Crippen LogP contribution in [0.5, 0.6) is 5.75 Å². The number of benzene rings is 2. The fraction of sp³-hybridized carbons (Fsp3) is 0.310. The molecule has 194 valence electrons. The fourth-order valence-corrected chi connectivity index (χ4v) is 5.52. The normalized spacial score (nSPS) is 15.8. The average molecular weight is 511 g/mol. The second kappa shape index (κ2) is 9.16. The van der Waals surface area contributed by atoms with Crippen LogP contribution in [-0.2, 0) is 18.4 Å². The molecule has 6 rings (SSSR count). The number of carbonyl (C=O) groups excluding carboxylic acids is 2. The summed E-state index contributed by atoms with van der Waals surface area (Å²) in [4.78, 5) is 32.1. The monoisotopic (exact) mass is 510 g/mol. The molecule has 0 saturated heterocycles. The number of aromatic nitrogens is 4. The maximum absolute atomic E-state index is 13.8. The zero-order valence-electron chi connectivity index (χ0n) is 21.6. The summed E-state index contributed by atoms with van der Waals surface area (Å²) in [5.41, 5.74) is 9.72. The molecule has 0 unspecified atom stereocenters. The van der Waals surface area contributed by atoms with Crippen LogP contribution in [0.25, 0.3) is 5.69 Å². The molecule has 0 radical (unpaired) electrons. The second-order valence-corrected chi connectivity index (χ2v) is 10.1. The Morgan fingerprint density at radius 1 is 1.08 bits per heavy atom. The van der Waals surface area contributed by atoms with Crippen LogP contribution in [0.3, 0.4) is 0 Å². The van der Waals surface area contributed by atoms with Gasteiger partial charge in [-0.15, -0.1) is 0 Å². The van der Waals surface area contributed by atoms with Crippen LogP contribution in [0.15, 0.2) is 60.9 Å². The molecule has 1 aliphatic heterocycles. The molecule has 9 heteroatoms. The zero-order chi connectivity index (χ0) is 26.4. The predicted molar refractivity (Wildman–Crippen MR) is 143 cm³/mol. The zero-order valence-corrected chi connectivity index (χ0v) is 21.6. The molecule has 4 aromatic rings. The molecule has 1 aliphatic carbocycles. The lowest BCUT2D eigenvalue weighted by molar-refractivity contribution is 0.0972. The van der Waals surface area contributed by atoms with Crippen molar-refractivity contribution in [3.63, 3.8) is 0 Å². The lowest BCUT2D eigenvalue weighted by atomic mass is 9.92. The van der Waals surface area contributed by atoms with E-state index in [9.17, 15) is 9.59 Å². The van der Waals surface area contributed by atoms with Crippen molar-refractivity contribution in [2.75, 3.05) is 18.6 Å². The van der Waals surface area contributed by atoms with Crippen molar-refractivity contribution in [2.24, 2.45) is 5.73 Å². The van der Waals surface area contributed by atoms with E-state index in [-0.39, 0.29) is 17.0 Å². The number of amides is 2. The van der Waals surface area contributed by atoms with Crippen LogP contribution in [0, 0.1) is 6.92 Å². The summed E-state index contributed by atoms with van der Waals surface area (Å²) in [7, 11) is 1.59. The van der Waals surface area contributed by atoms with Gasteiger partial charge in [0.1, 0.15) is 17.3 Å². The van der Waals surface area contributed by atoms with Gasteiger partial charge in [-0.25, -0.2) is 9.67 Å². The molecule has 1 saturated carbocycles. The summed E-state index contributed by atoms with van der Waals surface area (Å²) >= 11 is 0. The maximum atomic E-state index is 13.8. The smallest absolute Gasteiger partial charge is 0.277 e. The molecule has 2 aromatic heterocycles. The van der Waals surface area contributed by atoms with Gasteiger partial charge in [-0.3, -0.25) is 9.59 Å². The number of ether oxygens (including phenoxy) is 1. The minimum Gasteiger partial charge on any atom is -0.497 e. The van der Waals surface area contributed by atoms with E-state index in [0.717, 1.165) is 24.5 Å². The lowest BCUT2D eigenvalue weighted by Crippen LogP contribution is -2.39. The summed E-state index contributed by atoms with van der Waals surface area (Å²) < 4.78 is 8.97. The number of hydrogen-bond donors (Lipinski definition) is 1. The Morgan fingerprint density at radius 2 is 1.79 bits per heavy atom. The highest BCUT2D eigenvalue weighted by Gasteiger charge is 2.44. The Labute approximate surface area is 220 Å². The number of nitrogens with two attached hydrogens (primary N) is 1. The van der Waals surface area contributed by atoms with Gasteiger partial charge in [0.25, 0.3) is 11.8 Å². The molecular formula is C29H30N6O3. The van der Waals surface area contributed by atoms with Crippen molar-refractivity contribution in [1.29, 1.82) is 0 Å². The number of nitrogens with zero attached hydrogens (tertiary/aromatic N) is 5. The molecule has 0 atom stereocenters. The van der Waals surface area contributed by atoms with Gasteiger partial charge < -0.3 is 19.9 Å². The third-order valence-corrected chi connectivity index (χ3v) is 7.97. The lowest BCUT2D eigenvalue weighted by Gasteiger charge is -2.28. The molecule has 3 heterocycles. The average Bonchev–Trinajstić information content (AvgIpc) is 3.44. The van der Waals surface area contributed by atoms with Crippen molar-refractivity contribution in [2.45, 2.75) is 44.6 Å². The highest BCUT2D eigenvalue weighted by molar-refractivity contribution is 6.09. The minimum atomic E-state index is -0.639. The van der Waals surface area contributed by atoms with Crippen LogP contribution in [0.1, 0.15) is 57.2 Å². The van der Waals surface area contributed by atoms with E-state index >= 15 is 0 Å². The van der Waals surface area contributed by atoms with Gasteiger partial charge in [0.05, 0.1) is 12.8 Å². The Balaban J connectivity index is 1.27. The standard InChI is InChI=1S/C29H30N6O3/c1-19-31-15-18-33(19)17-14-29(12-13-29)20-3-5-21(6-4-20)34-16-11-24-25(27(30)36)32-35(26(24)28(34)37)22-7-9-23(38-2)10-8-22/h3-10,15,18H,11-14,16-17H2,1-2H3,(H2,30,36). The van der Waals surface area contributed by atoms with Crippen molar-refractivity contribution in [3.05, 3.63) is 89.3 Å². The number of carbonyl (C=O) groups is 2. The van der Waals surface area contributed by atoms with Crippen LogP contribution >= 0.6 is 0 Å². The number of primary amides is 1. The van der Waals surface area contributed by atoms with Gasteiger partial charge in [0.15, 0.2) is 5.69 Å². The van der Waals surface area contributed by atoms with Crippen LogP contribution < -0.4 is 15.4 Å². The summed E-state index contributed by atoms with van der Waals surface area (Å²) in [6.45, 7) is 3.42. The summed E-state index contributed by atoms with van der Waals surface area (Å²) in [6, 6.07) is 15.6. The van der Waals surface area contributed by atoms with E-state index < -0.39 is 5.91 Å². The van der Waals surface area contributed by atoms with Gasteiger partial charge >= 0.3 is 0 Å². The number of hydrogen-bond acceptors (Lipinski definition) is 5. The summed E-state index contributed by atoms with van der Waals surface area (Å²) in [5, 5.41) is 4.45. The molecule has 2 amide bonds. The Kier molecular flexibility index (Phi) is 5.78. The van der Waals surface area contributed by atoms with E-state index in [1.54, 1.807) is 36.3 Å². The number of aryl methyl sites for hydroxylation is 2. The van der Waals surface area contributed by atoms with Crippen LogP contribution in [0.4, 0.5) is 5.69 Å². The highest BCUT2D eigenvalue weighted by atomic mass is 16.5. The number of anilines is 1. The number of rotatable bonds is 8. The first kappa shape index (κ1) is 24.0. The molecule has 2 N–H and O–H groups in total. The molecule has 38 heavy (non-hydrogen) atoms. The Hall–Kier alpha value is -4.40. The molecule has 0 spiro atoms. The summed E-state index contributed by atoms with van der Waals surface area (Å²) in [5.74, 6) is 0.880. The molecule has 2 aromatic carbocycles. The molecule has 0 bridgehead atoms. The fourth-order valence-electron chi connectivity index (χ4n) is 5.52. The number of fused-ring (bicyclic) bond motifs is 1. The van der Waals surface area contributed by atoms with Crippen LogP contribution in [0.2, 0.25) is 0 Å². The minimum absolute atomic E-state index is 0.142. The van der Waals surface area contributed by atoms with E-state index in [4.69, 9.17) is 10.5 Å². The van der Waals surface area contributed by atoms with Gasteiger partial charge in [-0.05, 0) is 80.0 Å². The van der Waals surface area contributed by atoms with Crippen molar-refractivity contribution >= 4 is 17.5 Å². The van der Waals surface area contributed by atoms with Gasteiger partial charge in [-0.1, -0.05) is 12.1 Å². The van der Waals surface area contributed by atoms with Crippen molar-refractivity contribution in [3.8, 4) is 11.4 Å². The second-order valence-electron chi connectivity index (χ2n) is 10.1.